The van der Waals surface area contributed by atoms with Gasteiger partial charge in [0.25, 0.3) is 0 Å². The summed E-state index contributed by atoms with van der Waals surface area (Å²) >= 11 is 0. The molecule has 0 bridgehead atoms. The van der Waals surface area contributed by atoms with Gasteiger partial charge in [-0.1, -0.05) is 90.5 Å². The molecule has 0 nitrogen and oxygen atoms in total. The molecule has 0 heteroatoms. The predicted molar refractivity (Wildman–Crippen MR) is 80.3 cm³/mol. The highest BCUT2D eigenvalue weighted by molar-refractivity contribution is 4.97. The van der Waals surface area contributed by atoms with Gasteiger partial charge in [0.1, 0.15) is 0 Å². The summed E-state index contributed by atoms with van der Waals surface area (Å²) in [7, 11) is 0. The minimum Gasteiger partial charge on any atom is -0.0991 e. The van der Waals surface area contributed by atoms with E-state index in [4.69, 9.17) is 0 Å². The van der Waals surface area contributed by atoms with Crippen molar-refractivity contribution < 1.29 is 0 Å². The molecule has 0 rings (SSSR count). The Bertz CT molecular complexity index is 190. The smallest absolute Gasteiger partial charge is 0.0322 e. The average Bonchev–Trinajstić information content (AvgIpc) is 2.33. The first-order valence-corrected chi connectivity index (χ1v) is 7.48. The van der Waals surface area contributed by atoms with Crippen LogP contribution in [0.5, 0.6) is 0 Å². The van der Waals surface area contributed by atoms with Crippen LogP contribution in [0.15, 0.2) is 24.8 Å². The second kappa shape index (κ2) is 12.0. The monoisotopic (exact) mass is 236 g/mol. The van der Waals surface area contributed by atoms with Crippen molar-refractivity contribution in [2.75, 3.05) is 0 Å². The van der Waals surface area contributed by atoms with E-state index in [9.17, 15) is 0 Å². The quantitative estimate of drug-likeness (QED) is 0.298. The number of allylic oxidation sites excluding steroid dienone is 3. The zero-order chi connectivity index (χ0) is 12.9. The zero-order valence-corrected chi connectivity index (χ0v) is 12.3. The summed E-state index contributed by atoms with van der Waals surface area (Å²) in [6.45, 7) is 10.7. The van der Waals surface area contributed by atoms with Crippen LogP contribution in [-0.4, -0.2) is 0 Å². The predicted octanol–water partition coefficient (Wildman–Crippen LogP) is 6.14. The van der Waals surface area contributed by atoms with Crippen molar-refractivity contribution in [2.45, 2.75) is 72.1 Å². The molecule has 100 valence electrons. The van der Waals surface area contributed by atoms with Gasteiger partial charge in [0, 0.05) is 0 Å². The zero-order valence-electron chi connectivity index (χ0n) is 12.3. The van der Waals surface area contributed by atoms with E-state index in [2.05, 4.69) is 39.5 Å². The molecule has 0 amide bonds. The Morgan fingerprint density at radius 3 is 2.06 bits per heavy atom. The Labute approximate surface area is 109 Å². The van der Waals surface area contributed by atoms with Crippen LogP contribution in [0.25, 0.3) is 0 Å². The van der Waals surface area contributed by atoms with E-state index in [1.807, 2.05) is 6.08 Å². The summed E-state index contributed by atoms with van der Waals surface area (Å²) in [5.41, 5.74) is 0. The molecular weight excluding hydrogens is 204 g/mol. The fourth-order valence-corrected chi connectivity index (χ4v) is 2.07. The SMILES string of the molecule is C=CC=CCC(C)CCCCCCC(C)CC. The number of hydrogen-bond donors (Lipinski definition) is 0. The Hall–Kier alpha value is -0.520. The van der Waals surface area contributed by atoms with Gasteiger partial charge in [-0.25, -0.2) is 0 Å². The summed E-state index contributed by atoms with van der Waals surface area (Å²) in [5, 5.41) is 0. The van der Waals surface area contributed by atoms with Crippen molar-refractivity contribution in [3.05, 3.63) is 24.8 Å². The van der Waals surface area contributed by atoms with Crippen LogP contribution in [-0.2, 0) is 0 Å². The molecular formula is C17H32. The van der Waals surface area contributed by atoms with Crippen LogP contribution in [0.4, 0.5) is 0 Å². The van der Waals surface area contributed by atoms with Crippen LogP contribution in [0.2, 0.25) is 0 Å². The summed E-state index contributed by atoms with van der Waals surface area (Å²) in [6, 6.07) is 0. The van der Waals surface area contributed by atoms with Gasteiger partial charge in [-0.05, 0) is 18.3 Å². The van der Waals surface area contributed by atoms with Gasteiger partial charge in [-0.3, -0.25) is 0 Å². The topological polar surface area (TPSA) is 0 Å². The highest BCUT2D eigenvalue weighted by Gasteiger charge is 2.01. The summed E-state index contributed by atoms with van der Waals surface area (Å²) < 4.78 is 0. The Morgan fingerprint density at radius 2 is 1.53 bits per heavy atom. The lowest BCUT2D eigenvalue weighted by Crippen LogP contribution is -1.94. The van der Waals surface area contributed by atoms with Crippen molar-refractivity contribution in [3.8, 4) is 0 Å². The molecule has 0 aliphatic carbocycles. The fraction of sp³-hybridized carbons (Fsp3) is 0.765. The molecule has 2 unspecified atom stereocenters. The Morgan fingerprint density at radius 1 is 0.941 bits per heavy atom. The molecule has 0 aliphatic rings. The molecule has 2 atom stereocenters. The molecule has 0 saturated carbocycles. The first kappa shape index (κ1) is 16.5. The van der Waals surface area contributed by atoms with E-state index in [1.54, 1.807) is 0 Å². The number of hydrogen-bond acceptors (Lipinski definition) is 0. The van der Waals surface area contributed by atoms with Gasteiger partial charge in [0.05, 0.1) is 0 Å². The maximum Gasteiger partial charge on any atom is -0.0322 e. The molecule has 0 spiro atoms. The molecule has 0 aromatic rings. The minimum atomic E-state index is 0.834. The van der Waals surface area contributed by atoms with E-state index < -0.39 is 0 Å². The highest BCUT2D eigenvalue weighted by atomic mass is 14.1. The van der Waals surface area contributed by atoms with Gasteiger partial charge in [-0.15, -0.1) is 0 Å². The highest BCUT2D eigenvalue weighted by Crippen LogP contribution is 2.17. The molecule has 0 aromatic heterocycles. The lowest BCUT2D eigenvalue weighted by Gasteiger charge is -2.09. The second-order valence-corrected chi connectivity index (χ2v) is 5.51. The number of rotatable bonds is 11. The van der Waals surface area contributed by atoms with E-state index in [0.29, 0.717) is 0 Å². The largest absolute Gasteiger partial charge is 0.0991 e. The van der Waals surface area contributed by atoms with Crippen molar-refractivity contribution in [1.29, 1.82) is 0 Å². The summed E-state index contributed by atoms with van der Waals surface area (Å²) in [5.74, 6) is 1.76. The first-order chi connectivity index (χ1) is 8.20. The lowest BCUT2D eigenvalue weighted by molar-refractivity contribution is 0.453. The minimum absolute atomic E-state index is 0.834. The average molecular weight is 236 g/mol. The van der Waals surface area contributed by atoms with Gasteiger partial charge in [0.2, 0.25) is 0 Å². The third kappa shape index (κ3) is 11.7. The second-order valence-electron chi connectivity index (χ2n) is 5.51. The molecule has 0 heterocycles. The van der Waals surface area contributed by atoms with Crippen molar-refractivity contribution in [2.24, 2.45) is 11.8 Å². The van der Waals surface area contributed by atoms with E-state index in [0.717, 1.165) is 11.8 Å². The fourth-order valence-electron chi connectivity index (χ4n) is 2.07. The third-order valence-corrected chi connectivity index (χ3v) is 3.65. The molecule has 0 fully saturated rings. The van der Waals surface area contributed by atoms with Crippen LogP contribution < -0.4 is 0 Å². The van der Waals surface area contributed by atoms with Crippen LogP contribution in [0, 0.1) is 11.8 Å². The van der Waals surface area contributed by atoms with Crippen molar-refractivity contribution in [1.82, 2.24) is 0 Å². The molecule has 0 saturated heterocycles. The standard InChI is InChI=1S/C17H32/c1-5-7-10-14-17(4)15-12-9-8-11-13-16(3)6-2/h5,7,10,16-17H,1,6,8-9,11-15H2,2-4H3. The van der Waals surface area contributed by atoms with Gasteiger partial charge in [-0.2, -0.15) is 0 Å². The summed E-state index contributed by atoms with van der Waals surface area (Å²) in [4.78, 5) is 0. The normalized spacial score (nSPS) is 15.0. The maximum atomic E-state index is 3.69. The van der Waals surface area contributed by atoms with Crippen LogP contribution in [0.3, 0.4) is 0 Å². The molecule has 0 aromatic carbocycles. The number of unbranched alkanes of at least 4 members (excludes halogenated alkanes) is 3. The van der Waals surface area contributed by atoms with Crippen LogP contribution in [0.1, 0.15) is 72.1 Å². The van der Waals surface area contributed by atoms with Crippen molar-refractivity contribution in [3.63, 3.8) is 0 Å². The molecule has 17 heavy (non-hydrogen) atoms. The van der Waals surface area contributed by atoms with Gasteiger partial charge in [0.15, 0.2) is 0 Å². The maximum absolute atomic E-state index is 3.69. The Balaban J connectivity index is 3.27. The van der Waals surface area contributed by atoms with Crippen molar-refractivity contribution >= 4 is 0 Å². The first-order valence-electron chi connectivity index (χ1n) is 7.48. The van der Waals surface area contributed by atoms with Gasteiger partial charge < -0.3 is 0 Å². The van der Waals surface area contributed by atoms with E-state index in [-0.39, 0.29) is 0 Å². The lowest BCUT2D eigenvalue weighted by atomic mass is 9.97. The molecule has 0 N–H and O–H groups in total. The third-order valence-electron chi connectivity index (χ3n) is 3.65. The van der Waals surface area contributed by atoms with E-state index >= 15 is 0 Å². The van der Waals surface area contributed by atoms with E-state index in [1.165, 1.54) is 51.4 Å². The van der Waals surface area contributed by atoms with Gasteiger partial charge >= 0.3 is 0 Å². The summed E-state index contributed by atoms with van der Waals surface area (Å²) in [6.07, 6.45) is 17.2. The Kier molecular flexibility index (Phi) is 11.6. The molecule has 0 radical (unpaired) electrons. The molecule has 0 aliphatic heterocycles. The van der Waals surface area contributed by atoms with Crippen LogP contribution >= 0.6 is 0 Å².